The van der Waals surface area contributed by atoms with E-state index in [0.717, 1.165) is 11.1 Å². The molecule has 3 aromatic rings. The number of aromatic nitrogens is 3. The van der Waals surface area contributed by atoms with Gasteiger partial charge in [-0.25, -0.2) is 4.98 Å². The maximum atomic E-state index is 9.37. The molecule has 0 spiro atoms. The van der Waals surface area contributed by atoms with Gasteiger partial charge >= 0.3 is 0 Å². The summed E-state index contributed by atoms with van der Waals surface area (Å²) in [6, 6.07) is 11.7. The fraction of sp³-hybridized carbons (Fsp3) is 0.222. The highest BCUT2D eigenvalue weighted by molar-refractivity contribution is 5.56. The maximum Gasteiger partial charge on any atom is 0.181 e. The number of aromatic hydroxyl groups is 1. The number of nitrogens with one attached hydrogen (secondary N) is 1. The summed E-state index contributed by atoms with van der Waals surface area (Å²) < 4.78 is 10.9. The van der Waals surface area contributed by atoms with Gasteiger partial charge in [-0.05, 0) is 48.9 Å². The lowest BCUT2D eigenvalue weighted by Crippen LogP contribution is -2.14. The van der Waals surface area contributed by atoms with E-state index in [1.807, 2.05) is 25.1 Å². The molecule has 0 aliphatic rings. The van der Waals surface area contributed by atoms with Gasteiger partial charge in [0.05, 0.1) is 19.8 Å². The fourth-order valence-electron chi connectivity index (χ4n) is 2.47. The lowest BCUT2D eigenvalue weighted by atomic mass is 10.1. The maximum absolute atomic E-state index is 9.37. The predicted molar refractivity (Wildman–Crippen MR) is 93.7 cm³/mol. The lowest BCUT2D eigenvalue weighted by Gasteiger charge is -2.14. The molecule has 2 aromatic carbocycles. The van der Waals surface area contributed by atoms with E-state index >= 15 is 0 Å². The van der Waals surface area contributed by atoms with Crippen molar-refractivity contribution in [3.05, 3.63) is 53.9 Å². The van der Waals surface area contributed by atoms with E-state index in [0.29, 0.717) is 29.8 Å². The molecule has 1 aromatic heterocycles. The number of phenols is 1. The van der Waals surface area contributed by atoms with Crippen LogP contribution >= 0.6 is 0 Å². The average molecular weight is 340 g/mol. The van der Waals surface area contributed by atoms with Gasteiger partial charge in [-0.2, -0.15) is 5.10 Å². The molecule has 0 radical (unpaired) electrons. The molecule has 0 aliphatic carbocycles. The van der Waals surface area contributed by atoms with Gasteiger partial charge in [-0.3, -0.25) is 5.10 Å². The van der Waals surface area contributed by atoms with Crippen molar-refractivity contribution in [3.63, 3.8) is 0 Å². The van der Waals surface area contributed by atoms with Gasteiger partial charge < -0.3 is 20.3 Å². The summed E-state index contributed by atoms with van der Waals surface area (Å²) in [5.41, 5.74) is 7.94. The zero-order valence-electron chi connectivity index (χ0n) is 14.1. The van der Waals surface area contributed by atoms with Crippen LogP contribution < -0.4 is 15.2 Å². The highest BCUT2D eigenvalue weighted by Crippen LogP contribution is 2.31. The molecule has 1 atom stereocenters. The summed E-state index contributed by atoms with van der Waals surface area (Å²) in [4.78, 5) is 4.46. The van der Waals surface area contributed by atoms with Crippen molar-refractivity contribution in [2.24, 2.45) is 5.73 Å². The van der Waals surface area contributed by atoms with Gasteiger partial charge in [0.15, 0.2) is 17.3 Å². The van der Waals surface area contributed by atoms with Crippen LogP contribution in [0.2, 0.25) is 0 Å². The number of benzene rings is 2. The summed E-state index contributed by atoms with van der Waals surface area (Å²) in [7, 11) is 1.60. The van der Waals surface area contributed by atoms with Crippen molar-refractivity contribution < 1.29 is 14.6 Å². The highest BCUT2D eigenvalue weighted by Gasteiger charge is 2.17. The molecule has 25 heavy (non-hydrogen) atoms. The van der Waals surface area contributed by atoms with Crippen molar-refractivity contribution in [2.45, 2.75) is 13.0 Å². The molecule has 0 unspecified atom stereocenters. The molecule has 7 heteroatoms. The van der Waals surface area contributed by atoms with Crippen molar-refractivity contribution in [2.75, 3.05) is 13.7 Å². The SMILES string of the molecule is CCOc1cc([C@@H](N)c2nc(-c3ccc(O)cc3)n[nH]2)ccc1OC. The van der Waals surface area contributed by atoms with Gasteiger partial charge in [-0.1, -0.05) is 6.07 Å². The van der Waals surface area contributed by atoms with Crippen LogP contribution in [0.3, 0.4) is 0 Å². The molecule has 0 saturated carbocycles. The van der Waals surface area contributed by atoms with Crippen molar-refractivity contribution in [1.82, 2.24) is 15.2 Å². The summed E-state index contributed by atoms with van der Waals surface area (Å²) in [5, 5.41) is 16.4. The minimum atomic E-state index is -0.483. The van der Waals surface area contributed by atoms with Gasteiger partial charge in [0.25, 0.3) is 0 Å². The monoisotopic (exact) mass is 340 g/mol. The molecule has 130 valence electrons. The third-order valence-corrected chi connectivity index (χ3v) is 3.77. The number of phenolic OH excluding ortho intramolecular Hbond substituents is 1. The Bertz CT molecular complexity index is 846. The fourth-order valence-corrected chi connectivity index (χ4v) is 2.47. The zero-order chi connectivity index (χ0) is 17.8. The average Bonchev–Trinajstić information content (AvgIpc) is 3.12. The molecule has 0 fully saturated rings. The van der Waals surface area contributed by atoms with E-state index in [1.54, 1.807) is 31.4 Å². The Hall–Kier alpha value is -3.06. The van der Waals surface area contributed by atoms with Crippen LogP contribution in [0.25, 0.3) is 11.4 Å². The molecular formula is C18H20N4O3. The molecule has 1 heterocycles. The number of methoxy groups -OCH3 is 1. The molecular weight excluding hydrogens is 320 g/mol. The van der Waals surface area contributed by atoms with Crippen LogP contribution in [0.15, 0.2) is 42.5 Å². The number of nitrogens with zero attached hydrogens (tertiary/aromatic N) is 2. The minimum absolute atomic E-state index is 0.192. The Morgan fingerprint density at radius 3 is 2.60 bits per heavy atom. The molecule has 0 aliphatic heterocycles. The second-order valence-electron chi connectivity index (χ2n) is 5.41. The summed E-state index contributed by atoms with van der Waals surface area (Å²) in [6.07, 6.45) is 0. The standard InChI is InChI=1S/C18H20N4O3/c1-3-25-15-10-12(6-9-14(15)24-2)16(19)18-20-17(21-22-18)11-4-7-13(23)8-5-11/h4-10,16,23H,3,19H2,1-2H3,(H,20,21,22)/t16-/m1/s1. The first kappa shape index (κ1) is 16.8. The smallest absolute Gasteiger partial charge is 0.181 e. The highest BCUT2D eigenvalue weighted by atomic mass is 16.5. The largest absolute Gasteiger partial charge is 0.508 e. The number of H-pyrrole nitrogens is 1. The summed E-state index contributed by atoms with van der Waals surface area (Å²) >= 11 is 0. The number of nitrogens with two attached hydrogens (primary N) is 1. The van der Waals surface area contributed by atoms with Crippen LogP contribution in [0, 0.1) is 0 Å². The number of ether oxygens (including phenoxy) is 2. The van der Waals surface area contributed by atoms with E-state index < -0.39 is 6.04 Å². The predicted octanol–water partition coefficient (Wildman–Crippen LogP) is 2.63. The Morgan fingerprint density at radius 2 is 1.92 bits per heavy atom. The Kier molecular flexibility index (Phi) is 4.85. The molecule has 7 nitrogen and oxygen atoms in total. The molecule has 0 bridgehead atoms. The van der Waals surface area contributed by atoms with E-state index in [-0.39, 0.29) is 5.75 Å². The van der Waals surface area contributed by atoms with E-state index in [2.05, 4.69) is 15.2 Å². The van der Waals surface area contributed by atoms with Crippen LogP contribution in [-0.4, -0.2) is 34.0 Å². The van der Waals surface area contributed by atoms with Crippen LogP contribution in [0.5, 0.6) is 17.2 Å². The number of hydrogen-bond donors (Lipinski definition) is 3. The molecule has 0 amide bonds. The van der Waals surface area contributed by atoms with Crippen molar-refractivity contribution in [3.8, 4) is 28.6 Å². The second-order valence-corrected chi connectivity index (χ2v) is 5.41. The van der Waals surface area contributed by atoms with Crippen LogP contribution in [0.4, 0.5) is 0 Å². The Labute approximate surface area is 145 Å². The minimum Gasteiger partial charge on any atom is -0.508 e. The van der Waals surface area contributed by atoms with Gasteiger partial charge in [0, 0.05) is 5.56 Å². The second kappa shape index (κ2) is 7.23. The molecule has 3 rings (SSSR count). The van der Waals surface area contributed by atoms with E-state index in [9.17, 15) is 5.11 Å². The topological polar surface area (TPSA) is 106 Å². The number of hydrogen-bond acceptors (Lipinski definition) is 6. The summed E-state index contributed by atoms with van der Waals surface area (Å²) in [5.74, 6) is 2.54. The number of aromatic amines is 1. The van der Waals surface area contributed by atoms with Gasteiger partial charge in [0.2, 0.25) is 0 Å². The zero-order valence-corrected chi connectivity index (χ0v) is 14.1. The first-order valence-corrected chi connectivity index (χ1v) is 7.90. The van der Waals surface area contributed by atoms with Gasteiger partial charge in [0.1, 0.15) is 11.6 Å². The summed E-state index contributed by atoms with van der Waals surface area (Å²) in [6.45, 7) is 2.44. The van der Waals surface area contributed by atoms with E-state index in [1.165, 1.54) is 0 Å². The third-order valence-electron chi connectivity index (χ3n) is 3.77. The van der Waals surface area contributed by atoms with Crippen LogP contribution in [-0.2, 0) is 0 Å². The molecule has 0 saturated heterocycles. The first-order chi connectivity index (χ1) is 12.1. The van der Waals surface area contributed by atoms with Gasteiger partial charge in [-0.15, -0.1) is 0 Å². The Balaban J connectivity index is 1.87. The normalized spacial score (nSPS) is 12.0. The van der Waals surface area contributed by atoms with Crippen molar-refractivity contribution >= 4 is 0 Å². The van der Waals surface area contributed by atoms with E-state index in [4.69, 9.17) is 15.2 Å². The van der Waals surface area contributed by atoms with Crippen LogP contribution in [0.1, 0.15) is 24.4 Å². The van der Waals surface area contributed by atoms with Crippen molar-refractivity contribution in [1.29, 1.82) is 0 Å². The Morgan fingerprint density at radius 1 is 1.16 bits per heavy atom. The molecule has 4 N–H and O–H groups in total. The number of rotatable bonds is 6. The lowest BCUT2D eigenvalue weighted by molar-refractivity contribution is 0.310. The quantitative estimate of drug-likeness (QED) is 0.637. The third kappa shape index (κ3) is 3.56. The first-order valence-electron chi connectivity index (χ1n) is 7.90.